The van der Waals surface area contributed by atoms with Crippen molar-refractivity contribution in [2.24, 2.45) is 0 Å². The SMILES string of the molecule is Cl.c1ccc(CCN2CCc3cccc4c3C(CCC4)C2)cc1. The maximum atomic E-state index is 2.70. The van der Waals surface area contributed by atoms with Crippen LogP contribution in [0.3, 0.4) is 0 Å². The molecule has 0 spiro atoms. The normalized spacial score (nSPS) is 20.3. The number of nitrogens with zero attached hydrogens (tertiary/aromatic N) is 1. The van der Waals surface area contributed by atoms with Crippen LogP contribution in [-0.4, -0.2) is 24.5 Å². The van der Waals surface area contributed by atoms with Crippen LogP contribution >= 0.6 is 12.4 Å². The summed E-state index contributed by atoms with van der Waals surface area (Å²) in [6, 6.07) is 17.9. The van der Waals surface area contributed by atoms with Crippen LogP contribution in [0.4, 0.5) is 0 Å². The summed E-state index contributed by atoms with van der Waals surface area (Å²) in [5.41, 5.74) is 6.45. The molecule has 1 atom stereocenters. The van der Waals surface area contributed by atoms with Crippen molar-refractivity contribution < 1.29 is 0 Å². The van der Waals surface area contributed by atoms with Gasteiger partial charge in [-0.05, 0) is 60.3 Å². The zero-order chi connectivity index (χ0) is 14.8. The quantitative estimate of drug-likeness (QED) is 0.794. The van der Waals surface area contributed by atoms with Gasteiger partial charge in [0.05, 0.1) is 0 Å². The first-order chi connectivity index (χ1) is 10.9. The molecule has 0 radical (unpaired) electrons. The Balaban J connectivity index is 0.00000156. The van der Waals surface area contributed by atoms with Crippen LogP contribution in [-0.2, 0) is 19.3 Å². The number of hydrogen-bond acceptors (Lipinski definition) is 1. The second kappa shape index (κ2) is 7.51. The summed E-state index contributed by atoms with van der Waals surface area (Å²) < 4.78 is 0. The lowest BCUT2D eigenvalue weighted by Crippen LogP contribution is -2.31. The van der Waals surface area contributed by atoms with E-state index < -0.39 is 0 Å². The number of benzene rings is 2. The fraction of sp³-hybridized carbons (Fsp3) is 0.429. The van der Waals surface area contributed by atoms with E-state index in [4.69, 9.17) is 0 Å². The highest BCUT2D eigenvalue weighted by atomic mass is 35.5. The Morgan fingerprint density at radius 1 is 0.913 bits per heavy atom. The van der Waals surface area contributed by atoms with E-state index in [1.807, 2.05) is 0 Å². The van der Waals surface area contributed by atoms with Crippen molar-refractivity contribution in [3.63, 3.8) is 0 Å². The zero-order valence-electron chi connectivity index (χ0n) is 13.7. The third-order valence-corrected chi connectivity index (χ3v) is 5.43. The number of aryl methyl sites for hydroxylation is 1. The molecule has 2 heteroatoms. The number of halogens is 1. The van der Waals surface area contributed by atoms with Gasteiger partial charge in [-0.2, -0.15) is 0 Å². The Labute approximate surface area is 146 Å². The van der Waals surface area contributed by atoms with Gasteiger partial charge in [0.25, 0.3) is 0 Å². The Morgan fingerprint density at radius 2 is 1.70 bits per heavy atom. The molecule has 1 aliphatic heterocycles. The molecule has 1 nitrogen and oxygen atoms in total. The van der Waals surface area contributed by atoms with E-state index in [9.17, 15) is 0 Å². The van der Waals surface area contributed by atoms with Crippen LogP contribution in [0.1, 0.15) is 41.0 Å². The molecule has 0 amide bonds. The highest BCUT2D eigenvalue weighted by Gasteiger charge is 2.27. The lowest BCUT2D eigenvalue weighted by molar-refractivity contribution is 0.263. The van der Waals surface area contributed by atoms with Gasteiger partial charge in [-0.3, -0.25) is 0 Å². The Bertz CT molecular complexity index is 638. The van der Waals surface area contributed by atoms with E-state index in [1.54, 1.807) is 16.7 Å². The second-order valence-electron chi connectivity index (χ2n) is 6.87. The van der Waals surface area contributed by atoms with Crippen LogP contribution in [0.2, 0.25) is 0 Å². The minimum absolute atomic E-state index is 0. The van der Waals surface area contributed by atoms with E-state index in [0.717, 1.165) is 5.92 Å². The highest BCUT2D eigenvalue weighted by Crippen LogP contribution is 2.36. The van der Waals surface area contributed by atoms with E-state index in [1.165, 1.54) is 57.3 Å². The summed E-state index contributed by atoms with van der Waals surface area (Å²) in [6.45, 7) is 3.68. The molecule has 0 saturated heterocycles. The van der Waals surface area contributed by atoms with Gasteiger partial charge in [0.1, 0.15) is 0 Å². The minimum Gasteiger partial charge on any atom is -0.302 e. The number of hydrogen-bond donors (Lipinski definition) is 0. The first kappa shape index (κ1) is 16.5. The third-order valence-electron chi connectivity index (χ3n) is 5.43. The maximum Gasteiger partial charge on any atom is 0.00507 e. The van der Waals surface area contributed by atoms with Gasteiger partial charge in [0.15, 0.2) is 0 Å². The monoisotopic (exact) mass is 327 g/mol. The van der Waals surface area contributed by atoms with Crippen molar-refractivity contribution in [1.82, 2.24) is 4.90 Å². The summed E-state index contributed by atoms with van der Waals surface area (Å²) in [6.07, 6.45) is 6.45. The summed E-state index contributed by atoms with van der Waals surface area (Å²) in [4.78, 5) is 2.70. The van der Waals surface area contributed by atoms with Gasteiger partial charge in [-0.25, -0.2) is 0 Å². The van der Waals surface area contributed by atoms with Crippen LogP contribution < -0.4 is 0 Å². The second-order valence-corrected chi connectivity index (χ2v) is 6.87. The van der Waals surface area contributed by atoms with Crippen LogP contribution in [0.15, 0.2) is 48.5 Å². The van der Waals surface area contributed by atoms with Crippen molar-refractivity contribution in [3.05, 3.63) is 70.8 Å². The molecule has 0 aromatic heterocycles. The summed E-state index contributed by atoms with van der Waals surface area (Å²) in [5, 5.41) is 0. The topological polar surface area (TPSA) is 3.24 Å². The molecule has 2 aliphatic rings. The van der Waals surface area contributed by atoms with Crippen molar-refractivity contribution in [1.29, 1.82) is 0 Å². The number of rotatable bonds is 3. The molecule has 0 saturated carbocycles. The molecule has 2 aromatic carbocycles. The molecule has 1 unspecified atom stereocenters. The zero-order valence-corrected chi connectivity index (χ0v) is 14.5. The molecule has 1 aliphatic carbocycles. The summed E-state index contributed by atoms with van der Waals surface area (Å²) in [7, 11) is 0. The van der Waals surface area contributed by atoms with Gasteiger partial charge < -0.3 is 4.90 Å². The molecular formula is C21H26ClN. The minimum atomic E-state index is 0. The van der Waals surface area contributed by atoms with Gasteiger partial charge in [0.2, 0.25) is 0 Å². The molecule has 0 N–H and O–H groups in total. The van der Waals surface area contributed by atoms with Gasteiger partial charge in [-0.15, -0.1) is 12.4 Å². The Morgan fingerprint density at radius 3 is 2.52 bits per heavy atom. The fourth-order valence-electron chi connectivity index (χ4n) is 4.31. The molecule has 1 heterocycles. The van der Waals surface area contributed by atoms with Crippen LogP contribution in [0.25, 0.3) is 0 Å². The standard InChI is InChI=1S/C21H25N.ClH/c1-2-6-17(7-3-1)12-14-22-15-13-19-10-4-8-18-9-5-11-20(16-22)21(18)19;/h1-4,6-8,10,20H,5,9,11-16H2;1H. The smallest absolute Gasteiger partial charge is 0.00507 e. The lowest BCUT2D eigenvalue weighted by atomic mass is 9.80. The molecule has 122 valence electrons. The fourth-order valence-corrected chi connectivity index (χ4v) is 4.31. The molecule has 0 fully saturated rings. The molecule has 4 rings (SSSR count). The van der Waals surface area contributed by atoms with E-state index >= 15 is 0 Å². The Hall–Kier alpha value is -1.31. The van der Waals surface area contributed by atoms with Gasteiger partial charge >= 0.3 is 0 Å². The molecular weight excluding hydrogens is 302 g/mol. The van der Waals surface area contributed by atoms with E-state index in [-0.39, 0.29) is 12.4 Å². The predicted molar refractivity (Wildman–Crippen MR) is 99.7 cm³/mol. The average Bonchev–Trinajstić information content (AvgIpc) is 2.76. The third kappa shape index (κ3) is 3.62. The first-order valence-corrected chi connectivity index (χ1v) is 8.77. The van der Waals surface area contributed by atoms with Crippen molar-refractivity contribution >= 4 is 12.4 Å². The lowest BCUT2D eigenvalue weighted by Gasteiger charge is -2.29. The molecule has 2 aromatic rings. The average molecular weight is 328 g/mol. The van der Waals surface area contributed by atoms with Crippen LogP contribution in [0, 0.1) is 0 Å². The summed E-state index contributed by atoms with van der Waals surface area (Å²) >= 11 is 0. The van der Waals surface area contributed by atoms with Crippen LogP contribution in [0.5, 0.6) is 0 Å². The van der Waals surface area contributed by atoms with Crippen molar-refractivity contribution in [2.75, 3.05) is 19.6 Å². The van der Waals surface area contributed by atoms with Gasteiger partial charge in [0, 0.05) is 19.6 Å². The molecule has 23 heavy (non-hydrogen) atoms. The molecule has 0 bridgehead atoms. The van der Waals surface area contributed by atoms with Crippen molar-refractivity contribution in [2.45, 2.75) is 38.0 Å². The van der Waals surface area contributed by atoms with E-state index in [0.29, 0.717) is 0 Å². The largest absolute Gasteiger partial charge is 0.302 e. The predicted octanol–water partition coefficient (Wildman–Crippen LogP) is 4.63. The van der Waals surface area contributed by atoms with Crippen molar-refractivity contribution in [3.8, 4) is 0 Å². The van der Waals surface area contributed by atoms with Gasteiger partial charge in [-0.1, -0.05) is 48.5 Å². The first-order valence-electron chi connectivity index (χ1n) is 8.77. The highest BCUT2D eigenvalue weighted by molar-refractivity contribution is 5.85. The summed E-state index contributed by atoms with van der Waals surface area (Å²) in [5.74, 6) is 0.776. The maximum absolute atomic E-state index is 2.70. The van der Waals surface area contributed by atoms with E-state index in [2.05, 4.69) is 53.4 Å². The Kier molecular flexibility index (Phi) is 5.40.